The fourth-order valence-electron chi connectivity index (χ4n) is 4.99. The minimum Gasteiger partial charge on any atom is -0.340 e. The van der Waals surface area contributed by atoms with Crippen molar-refractivity contribution in [1.82, 2.24) is 35.0 Å². The highest BCUT2D eigenvalue weighted by molar-refractivity contribution is 6.30. The second-order valence-corrected chi connectivity index (χ2v) is 10.8. The Morgan fingerprint density at radius 3 is 2.57 bits per heavy atom. The van der Waals surface area contributed by atoms with Gasteiger partial charge in [-0.3, -0.25) is 14.9 Å². The Kier molecular flexibility index (Phi) is 7.23. The minimum absolute atomic E-state index is 0.0175. The van der Waals surface area contributed by atoms with Crippen LogP contribution in [0.15, 0.2) is 66.5 Å². The molecule has 2 saturated heterocycles. The number of anilines is 4. The zero-order valence-electron chi connectivity index (χ0n) is 22.9. The molecule has 0 bridgehead atoms. The SMILES string of the molecule is CN(C)C1CCN(C(=O)c2cccc(Nc3cc(Nc4cccc(Cl)c4)nc4c(/C=C5\NC(=O)NC5=O)cnn34)c2)C1. The fraction of sp³-hybridized carbons (Fsp3) is 0.207. The lowest BCUT2D eigenvalue weighted by atomic mass is 10.1. The number of fused-ring (bicyclic) bond motifs is 1. The van der Waals surface area contributed by atoms with Crippen LogP contribution in [0.1, 0.15) is 22.3 Å². The molecule has 13 heteroatoms. The lowest BCUT2D eigenvalue weighted by Gasteiger charge is -2.20. The topological polar surface area (TPSA) is 136 Å². The number of nitrogens with zero attached hydrogens (tertiary/aromatic N) is 5. The highest BCUT2D eigenvalue weighted by Gasteiger charge is 2.28. The number of carbonyl (C=O) groups is 3. The van der Waals surface area contributed by atoms with E-state index in [0.29, 0.717) is 58.3 Å². The predicted molar refractivity (Wildman–Crippen MR) is 160 cm³/mol. The Morgan fingerprint density at radius 2 is 1.86 bits per heavy atom. The summed E-state index contributed by atoms with van der Waals surface area (Å²) >= 11 is 6.18. The summed E-state index contributed by atoms with van der Waals surface area (Å²) < 4.78 is 1.58. The van der Waals surface area contributed by atoms with E-state index in [9.17, 15) is 14.4 Å². The number of hydrogen-bond donors (Lipinski definition) is 4. The number of nitrogens with one attached hydrogen (secondary N) is 4. The van der Waals surface area contributed by atoms with Gasteiger partial charge in [-0.05, 0) is 63.0 Å². The second-order valence-electron chi connectivity index (χ2n) is 10.3. The monoisotopic (exact) mass is 585 g/mol. The summed E-state index contributed by atoms with van der Waals surface area (Å²) in [6.07, 6.45) is 4.01. The van der Waals surface area contributed by atoms with Crippen molar-refractivity contribution in [3.05, 3.63) is 82.6 Å². The summed E-state index contributed by atoms with van der Waals surface area (Å²) in [6.45, 7) is 1.41. The maximum absolute atomic E-state index is 13.3. The van der Waals surface area contributed by atoms with Crippen LogP contribution in [-0.2, 0) is 4.79 Å². The third kappa shape index (κ3) is 5.62. The number of urea groups is 1. The number of aromatic nitrogens is 3. The molecule has 6 rings (SSSR count). The fourth-order valence-corrected chi connectivity index (χ4v) is 5.19. The number of hydrogen-bond acceptors (Lipinski definition) is 8. The second kappa shape index (κ2) is 11.1. The van der Waals surface area contributed by atoms with Gasteiger partial charge in [0.15, 0.2) is 5.65 Å². The standard InChI is InChI=1S/C29H28ClN9O3/c1-37(2)22-9-10-38(16-22)28(41)17-5-3-7-20(11-17)33-25-14-24(32-21-8-4-6-19(30)13-21)35-26-18(15-31-39(25)26)12-23-27(40)36-29(42)34-23/h3-8,11-15,22,33H,9-10,16H2,1-2H3,(H,32,35)(H2,34,36,40,42)/b23-12-. The van der Waals surface area contributed by atoms with Gasteiger partial charge in [-0.25, -0.2) is 9.78 Å². The molecule has 0 saturated carbocycles. The van der Waals surface area contributed by atoms with Crippen LogP contribution >= 0.6 is 11.6 Å². The van der Waals surface area contributed by atoms with Gasteiger partial charge in [0.2, 0.25) is 0 Å². The first-order valence-corrected chi connectivity index (χ1v) is 13.7. The van der Waals surface area contributed by atoms with E-state index in [1.807, 2.05) is 55.4 Å². The van der Waals surface area contributed by atoms with E-state index in [2.05, 4.69) is 31.3 Å². The molecule has 2 aromatic carbocycles. The van der Waals surface area contributed by atoms with Gasteiger partial charge < -0.3 is 25.8 Å². The molecule has 1 atom stereocenters. The van der Waals surface area contributed by atoms with Crippen LogP contribution in [0, 0.1) is 0 Å². The number of likely N-dealkylation sites (tertiary alicyclic amines) is 1. The van der Waals surface area contributed by atoms with Crippen molar-refractivity contribution in [2.75, 3.05) is 37.8 Å². The predicted octanol–water partition coefficient (Wildman–Crippen LogP) is 3.83. The van der Waals surface area contributed by atoms with Gasteiger partial charge in [0.1, 0.15) is 17.3 Å². The van der Waals surface area contributed by atoms with Gasteiger partial charge >= 0.3 is 6.03 Å². The van der Waals surface area contributed by atoms with Crippen molar-refractivity contribution < 1.29 is 14.4 Å². The normalized spacial score (nSPS) is 17.7. The Morgan fingerprint density at radius 1 is 1.07 bits per heavy atom. The largest absolute Gasteiger partial charge is 0.340 e. The number of amides is 4. The summed E-state index contributed by atoms with van der Waals surface area (Å²) in [5.41, 5.74) is 3.00. The Hall–Kier alpha value is -4.94. The molecule has 4 N–H and O–H groups in total. The molecule has 4 amide bonds. The van der Waals surface area contributed by atoms with Crippen molar-refractivity contribution in [2.24, 2.45) is 0 Å². The van der Waals surface area contributed by atoms with Crippen molar-refractivity contribution in [1.29, 1.82) is 0 Å². The van der Waals surface area contributed by atoms with E-state index in [1.54, 1.807) is 28.9 Å². The maximum atomic E-state index is 13.3. The third-order valence-electron chi connectivity index (χ3n) is 7.18. The third-order valence-corrected chi connectivity index (χ3v) is 7.41. The van der Waals surface area contributed by atoms with Crippen LogP contribution in [0.3, 0.4) is 0 Å². The summed E-state index contributed by atoms with van der Waals surface area (Å²) in [6, 6.07) is 16.1. The van der Waals surface area contributed by atoms with Gasteiger partial charge in [0.05, 0.1) is 6.20 Å². The van der Waals surface area contributed by atoms with Gasteiger partial charge in [-0.1, -0.05) is 23.7 Å². The number of benzene rings is 2. The molecule has 0 radical (unpaired) electrons. The average Bonchev–Trinajstić information content (AvgIpc) is 3.68. The van der Waals surface area contributed by atoms with Gasteiger partial charge in [0.25, 0.3) is 11.8 Å². The Bertz CT molecular complexity index is 1750. The first kappa shape index (κ1) is 27.2. The Labute approximate surface area is 246 Å². The molecule has 12 nitrogen and oxygen atoms in total. The van der Waals surface area contributed by atoms with Crippen LogP contribution in [0.5, 0.6) is 0 Å². The summed E-state index contributed by atoms with van der Waals surface area (Å²) in [5, 5.41) is 16.3. The molecule has 0 aliphatic carbocycles. The van der Waals surface area contributed by atoms with Crippen LogP contribution in [0.2, 0.25) is 5.02 Å². The van der Waals surface area contributed by atoms with Crippen molar-refractivity contribution in [3.8, 4) is 0 Å². The highest BCUT2D eigenvalue weighted by Crippen LogP contribution is 2.27. The molecule has 2 aromatic heterocycles. The van der Waals surface area contributed by atoms with E-state index in [0.717, 1.165) is 12.1 Å². The van der Waals surface area contributed by atoms with Crippen molar-refractivity contribution >= 4 is 64.2 Å². The van der Waals surface area contributed by atoms with E-state index >= 15 is 0 Å². The van der Waals surface area contributed by atoms with E-state index < -0.39 is 11.9 Å². The molecule has 0 spiro atoms. The van der Waals surface area contributed by atoms with Gasteiger partial charge in [0, 0.05) is 52.7 Å². The van der Waals surface area contributed by atoms with E-state index in [1.165, 1.54) is 6.08 Å². The number of rotatable bonds is 7. The van der Waals surface area contributed by atoms with Gasteiger partial charge in [-0.15, -0.1) is 0 Å². The van der Waals surface area contributed by atoms with Crippen LogP contribution < -0.4 is 21.3 Å². The minimum atomic E-state index is -0.595. The Balaban J connectivity index is 1.34. The molecule has 2 fully saturated rings. The summed E-state index contributed by atoms with van der Waals surface area (Å²) in [5.74, 6) is 0.470. The average molecular weight is 586 g/mol. The zero-order valence-corrected chi connectivity index (χ0v) is 23.6. The quantitative estimate of drug-likeness (QED) is 0.190. The first-order chi connectivity index (χ1) is 20.2. The van der Waals surface area contributed by atoms with Crippen LogP contribution in [0.4, 0.5) is 27.8 Å². The number of imide groups is 1. The van der Waals surface area contributed by atoms with Crippen molar-refractivity contribution in [2.45, 2.75) is 12.5 Å². The number of likely N-dealkylation sites (N-methyl/N-ethyl adjacent to an activating group) is 1. The molecule has 4 aromatic rings. The molecule has 2 aliphatic rings. The summed E-state index contributed by atoms with van der Waals surface area (Å²) in [7, 11) is 4.06. The maximum Gasteiger partial charge on any atom is 0.326 e. The molecule has 42 heavy (non-hydrogen) atoms. The lowest BCUT2D eigenvalue weighted by Crippen LogP contribution is -2.34. The molecule has 214 valence electrons. The molecule has 2 aliphatic heterocycles. The highest BCUT2D eigenvalue weighted by atomic mass is 35.5. The summed E-state index contributed by atoms with van der Waals surface area (Å²) in [4.78, 5) is 45.8. The number of carbonyl (C=O) groups excluding carboxylic acids is 3. The van der Waals surface area contributed by atoms with Gasteiger partial charge in [-0.2, -0.15) is 9.61 Å². The van der Waals surface area contributed by atoms with Crippen LogP contribution in [0.25, 0.3) is 11.7 Å². The molecule has 4 heterocycles. The van der Waals surface area contributed by atoms with E-state index in [4.69, 9.17) is 16.6 Å². The molecule has 1 unspecified atom stereocenters. The number of halogens is 1. The van der Waals surface area contributed by atoms with Crippen molar-refractivity contribution in [3.63, 3.8) is 0 Å². The molecular formula is C29H28ClN9O3. The molecular weight excluding hydrogens is 558 g/mol. The lowest BCUT2D eigenvalue weighted by molar-refractivity contribution is -0.115. The zero-order chi connectivity index (χ0) is 29.4. The smallest absolute Gasteiger partial charge is 0.326 e. The van der Waals surface area contributed by atoms with E-state index in [-0.39, 0.29) is 11.6 Å². The van der Waals surface area contributed by atoms with Crippen LogP contribution in [-0.4, -0.2) is 75.5 Å². The first-order valence-electron chi connectivity index (χ1n) is 13.3.